The molecule has 3 rings (SSSR count). The van der Waals surface area contributed by atoms with Crippen molar-refractivity contribution in [3.63, 3.8) is 0 Å². The molecule has 104 valence electrons. The minimum Gasteiger partial charge on any atom is -0.493 e. The fraction of sp³-hybridized carbons (Fsp3) is 0.294. The van der Waals surface area contributed by atoms with Crippen LogP contribution in [0.25, 0.3) is 0 Å². The lowest BCUT2D eigenvalue weighted by Crippen LogP contribution is -2.15. The maximum Gasteiger partial charge on any atom is 0.169 e. The normalized spacial score (nSPS) is 14.1. The predicted octanol–water partition coefficient (Wildman–Crippen LogP) is 3.74. The number of methoxy groups -OCH3 is 1. The summed E-state index contributed by atoms with van der Waals surface area (Å²) in [6.07, 6.45) is 2.57. The summed E-state index contributed by atoms with van der Waals surface area (Å²) in [5, 5.41) is 3.52. The quantitative estimate of drug-likeness (QED) is 0.866. The molecule has 0 spiro atoms. The van der Waals surface area contributed by atoms with Crippen LogP contribution < -0.4 is 14.8 Å². The number of ether oxygens (including phenoxy) is 2. The van der Waals surface area contributed by atoms with Gasteiger partial charge in [-0.25, -0.2) is 0 Å². The molecule has 0 heterocycles. The fourth-order valence-electron chi connectivity index (χ4n) is 2.11. The van der Waals surface area contributed by atoms with Crippen LogP contribution in [0.3, 0.4) is 0 Å². The van der Waals surface area contributed by atoms with Crippen molar-refractivity contribution in [1.29, 1.82) is 0 Å². The number of benzene rings is 2. The van der Waals surface area contributed by atoms with Gasteiger partial charge in [-0.05, 0) is 31.0 Å². The van der Waals surface area contributed by atoms with E-state index in [0.717, 1.165) is 23.8 Å². The van der Waals surface area contributed by atoms with E-state index in [1.165, 1.54) is 18.4 Å². The first-order chi connectivity index (χ1) is 9.86. The second kappa shape index (κ2) is 5.97. The highest BCUT2D eigenvalue weighted by molar-refractivity contribution is 5.44. The van der Waals surface area contributed by atoms with Crippen molar-refractivity contribution in [3.05, 3.63) is 54.1 Å². The molecule has 0 bridgehead atoms. The lowest BCUT2D eigenvalue weighted by molar-refractivity contribution is 0.377. The summed E-state index contributed by atoms with van der Waals surface area (Å²) < 4.78 is 11.3. The number of rotatable bonds is 6. The Morgan fingerprint density at radius 2 is 1.60 bits per heavy atom. The number of nitrogens with one attached hydrogen (secondary N) is 1. The van der Waals surface area contributed by atoms with Crippen molar-refractivity contribution >= 4 is 0 Å². The minimum atomic E-state index is 0.689. The zero-order valence-electron chi connectivity index (χ0n) is 11.6. The Morgan fingerprint density at radius 1 is 0.950 bits per heavy atom. The van der Waals surface area contributed by atoms with Crippen LogP contribution in [0.4, 0.5) is 0 Å². The Labute approximate surface area is 119 Å². The van der Waals surface area contributed by atoms with Gasteiger partial charge >= 0.3 is 0 Å². The first-order valence-corrected chi connectivity index (χ1v) is 6.99. The molecule has 0 aliphatic heterocycles. The van der Waals surface area contributed by atoms with Crippen LogP contribution in [0.2, 0.25) is 0 Å². The average Bonchev–Trinajstić information content (AvgIpc) is 3.31. The molecule has 1 aliphatic carbocycles. The third kappa shape index (κ3) is 3.11. The Kier molecular flexibility index (Phi) is 3.88. The summed E-state index contributed by atoms with van der Waals surface area (Å²) in [7, 11) is 1.66. The molecule has 0 unspecified atom stereocenters. The Balaban J connectivity index is 1.78. The van der Waals surface area contributed by atoms with Gasteiger partial charge in [-0.1, -0.05) is 30.3 Å². The van der Waals surface area contributed by atoms with Gasteiger partial charge in [0.2, 0.25) is 0 Å². The maximum atomic E-state index is 6.02. The summed E-state index contributed by atoms with van der Waals surface area (Å²) in [6, 6.07) is 16.5. The third-order valence-electron chi connectivity index (χ3n) is 3.42. The summed E-state index contributed by atoms with van der Waals surface area (Å²) in [4.78, 5) is 0. The van der Waals surface area contributed by atoms with E-state index in [-0.39, 0.29) is 0 Å². The van der Waals surface area contributed by atoms with Gasteiger partial charge in [0, 0.05) is 18.2 Å². The van der Waals surface area contributed by atoms with Crippen molar-refractivity contribution in [3.8, 4) is 17.2 Å². The zero-order valence-corrected chi connectivity index (χ0v) is 11.6. The molecular weight excluding hydrogens is 250 g/mol. The molecule has 3 nitrogen and oxygen atoms in total. The topological polar surface area (TPSA) is 30.5 Å². The molecule has 0 amide bonds. The highest BCUT2D eigenvalue weighted by atomic mass is 16.5. The second-order valence-corrected chi connectivity index (χ2v) is 5.02. The second-order valence-electron chi connectivity index (χ2n) is 5.02. The molecule has 20 heavy (non-hydrogen) atoms. The molecule has 2 aromatic carbocycles. The van der Waals surface area contributed by atoms with Crippen LogP contribution in [0.5, 0.6) is 17.2 Å². The summed E-state index contributed by atoms with van der Waals surface area (Å²) in [5.74, 6) is 2.37. The van der Waals surface area contributed by atoms with Gasteiger partial charge in [0.15, 0.2) is 11.5 Å². The number of para-hydroxylation sites is 3. The molecule has 0 radical (unpaired) electrons. The molecule has 0 atom stereocenters. The fourth-order valence-corrected chi connectivity index (χ4v) is 2.11. The van der Waals surface area contributed by atoms with E-state index in [2.05, 4.69) is 11.4 Å². The van der Waals surface area contributed by atoms with Crippen LogP contribution in [0.1, 0.15) is 18.4 Å². The molecule has 1 N–H and O–H groups in total. The van der Waals surface area contributed by atoms with Crippen molar-refractivity contribution in [1.82, 2.24) is 5.32 Å². The molecule has 0 aromatic heterocycles. The Hall–Kier alpha value is -2.00. The lowest BCUT2D eigenvalue weighted by Gasteiger charge is -2.13. The number of hydrogen-bond acceptors (Lipinski definition) is 3. The van der Waals surface area contributed by atoms with E-state index in [4.69, 9.17) is 9.47 Å². The van der Waals surface area contributed by atoms with Gasteiger partial charge in [0.25, 0.3) is 0 Å². The molecule has 1 aliphatic rings. The van der Waals surface area contributed by atoms with Crippen molar-refractivity contribution < 1.29 is 9.47 Å². The number of hydrogen-bond donors (Lipinski definition) is 1. The SMILES string of the molecule is COc1ccccc1Oc1ccccc1CNC1CC1. The standard InChI is InChI=1S/C17H19NO2/c1-19-16-8-4-5-9-17(16)20-15-7-3-2-6-13(15)12-18-14-10-11-14/h2-9,14,18H,10-12H2,1H3. The van der Waals surface area contributed by atoms with E-state index in [9.17, 15) is 0 Å². The molecule has 0 saturated heterocycles. The van der Waals surface area contributed by atoms with Gasteiger partial charge in [0.05, 0.1) is 7.11 Å². The van der Waals surface area contributed by atoms with E-state index < -0.39 is 0 Å². The van der Waals surface area contributed by atoms with Crippen molar-refractivity contribution in [2.45, 2.75) is 25.4 Å². The van der Waals surface area contributed by atoms with E-state index >= 15 is 0 Å². The smallest absolute Gasteiger partial charge is 0.169 e. The van der Waals surface area contributed by atoms with Crippen LogP contribution in [0, 0.1) is 0 Å². The van der Waals surface area contributed by atoms with Gasteiger partial charge in [-0.3, -0.25) is 0 Å². The lowest BCUT2D eigenvalue weighted by atomic mass is 10.2. The monoisotopic (exact) mass is 269 g/mol. The van der Waals surface area contributed by atoms with Gasteiger partial charge in [0.1, 0.15) is 5.75 Å². The highest BCUT2D eigenvalue weighted by Crippen LogP contribution is 2.32. The Morgan fingerprint density at radius 3 is 2.30 bits per heavy atom. The summed E-state index contributed by atoms with van der Waals surface area (Å²) in [6.45, 7) is 0.843. The first kappa shape index (κ1) is 13.0. The largest absolute Gasteiger partial charge is 0.493 e. The Bertz CT molecular complexity index is 579. The zero-order chi connectivity index (χ0) is 13.8. The predicted molar refractivity (Wildman–Crippen MR) is 79.4 cm³/mol. The molecule has 2 aromatic rings. The van der Waals surface area contributed by atoms with E-state index in [1.54, 1.807) is 7.11 Å². The van der Waals surface area contributed by atoms with Crippen LogP contribution >= 0.6 is 0 Å². The van der Waals surface area contributed by atoms with E-state index in [1.807, 2.05) is 42.5 Å². The summed E-state index contributed by atoms with van der Waals surface area (Å²) in [5.41, 5.74) is 1.17. The van der Waals surface area contributed by atoms with Crippen molar-refractivity contribution in [2.24, 2.45) is 0 Å². The third-order valence-corrected chi connectivity index (χ3v) is 3.42. The van der Waals surface area contributed by atoms with Gasteiger partial charge in [-0.15, -0.1) is 0 Å². The van der Waals surface area contributed by atoms with Gasteiger partial charge < -0.3 is 14.8 Å². The molecule has 3 heteroatoms. The first-order valence-electron chi connectivity index (χ1n) is 6.99. The summed E-state index contributed by atoms with van der Waals surface area (Å²) >= 11 is 0. The van der Waals surface area contributed by atoms with Crippen molar-refractivity contribution in [2.75, 3.05) is 7.11 Å². The average molecular weight is 269 g/mol. The molecule has 1 saturated carbocycles. The maximum absolute atomic E-state index is 6.02. The van der Waals surface area contributed by atoms with Gasteiger partial charge in [-0.2, -0.15) is 0 Å². The van der Waals surface area contributed by atoms with Crippen LogP contribution in [-0.4, -0.2) is 13.2 Å². The molecule has 1 fully saturated rings. The van der Waals surface area contributed by atoms with Crippen LogP contribution in [-0.2, 0) is 6.54 Å². The minimum absolute atomic E-state index is 0.689. The highest BCUT2D eigenvalue weighted by Gasteiger charge is 2.20. The molecular formula is C17H19NO2. The van der Waals surface area contributed by atoms with Crippen LogP contribution in [0.15, 0.2) is 48.5 Å². The van der Waals surface area contributed by atoms with E-state index in [0.29, 0.717) is 6.04 Å².